The van der Waals surface area contributed by atoms with Crippen LogP contribution < -0.4 is 5.32 Å². The van der Waals surface area contributed by atoms with E-state index in [4.69, 9.17) is 4.74 Å². The van der Waals surface area contributed by atoms with Gasteiger partial charge in [-0.25, -0.2) is 0 Å². The quantitative estimate of drug-likeness (QED) is 0.534. The summed E-state index contributed by atoms with van der Waals surface area (Å²) in [4.78, 5) is 0. The van der Waals surface area contributed by atoms with Crippen molar-refractivity contribution in [1.29, 1.82) is 0 Å². The van der Waals surface area contributed by atoms with Crippen molar-refractivity contribution >= 4 is 0 Å². The highest BCUT2D eigenvalue weighted by molar-refractivity contribution is 4.49. The Bertz CT molecular complexity index is 115. The van der Waals surface area contributed by atoms with Gasteiger partial charge in [0.15, 0.2) is 0 Å². The maximum atomic E-state index is 5.50. The smallest absolute Gasteiger partial charge is 0.0489 e. The summed E-state index contributed by atoms with van der Waals surface area (Å²) in [5.41, 5.74) is 0. The molecule has 0 rings (SSSR count). The van der Waals surface area contributed by atoms with Gasteiger partial charge in [-0.1, -0.05) is 40.0 Å². The van der Waals surface area contributed by atoms with Gasteiger partial charge in [-0.05, 0) is 31.8 Å². The summed E-state index contributed by atoms with van der Waals surface area (Å²) in [7, 11) is 0. The highest BCUT2D eigenvalue weighted by atomic mass is 16.5. The summed E-state index contributed by atoms with van der Waals surface area (Å²) in [6.07, 6.45) is 6.52. The molecule has 0 aliphatic rings. The maximum absolute atomic E-state index is 5.50. The van der Waals surface area contributed by atoms with Crippen LogP contribution in [0.25, 0.3) is 0 Å². The molecule has 0 atom stereocenters. The minimum Gasteiger partial charge on any atom is -0.381 e. The molecule has 0 saturated carbocycles. The second-order valence-corrected chi connectivity index (χ2v) is 4.63. The van der Waals surface area contributed by atoms with E-state index in [-0.39, 0.29) is 0 Å². The SMILES string of the molecule is CCCCCCNCCCOCC(C)C. The van der Waals surface area contributed by atoms with Crippen molar-refractivity contribution in [2.24, 2.45) is 5.92 Å². The van der Waals surface area contributed by atoms with Crippen molar-refractivity contribution in [2.45, 2.75) is 52.9 Å². The third-order valence-corrected chi connectivity index (χ3v) is 2.30. The van der Waals surface area contributed by atoms with Gasteiger partial charge in [0.05, 0.1) is 0 Å². The molecule has 2 heteroatoms. The molecule has 92 valence electrons. The van der Waals surface area contributed by atoms with E-state index in [0.717, 1.165) is 26.2 Å². The van der Waals surface area contributed by atoms with Gasteiger partial charge in [-0.15, -0.1) is 0 Å². The molecule has 0 aliphatic heterocycles. The fourth-order valence-electron chi connectivity index (χ4n) is 1.42. The van der Waals surface area contributed by atoms with Gasteiger partial charge in [-0.3, -0.25) is 0 Å². The van der Waals surface area contributed by atoms with Crippen LogP contribution in [0, 0.1) is 5.92 Å². The van der Waals surface area contributed by atoms with E-state index in [1.165, 1.54) is 32.2 Å². The van der Waals surface area contributed by atoms with E-state index < -0.39 is 0 Å². The molecule has 0 unspecified atom stereocenters. The Balaban J connectivity index is 2.87. The average Bonchev–Trinajstić information content (AvgIpc) is 2.20. The number of hydrogen-bond donors (Lipinski definition) is 1. The number of nitrogens with one attached hydrogen (secondary N) is 1. The lowest BCUT2D eigenvalue weighted by molar-refractivity contribution is 0.108. The van der Waals surface area contributed by atoms with E-state index >= 15 is 0 Å². The monoisotopic (exact) mass is 215 g/mol. The molecular weight excluding hydrogens is 186 g/mol. The molecule has 0 spiro atoms. The van der Waals surface area contributed by atoms with Crippen LogP contribution in [-0.4, -0.2) is 26.3 Å². The van der Waals surface area contributed by atoms with Crippen LogP contribution in [0.3, 0.4) is 0 Å². The van der Waals surface area contributed by atoms with E-state index in [9.17, 15) is 0 Å². The second-order valence-electron chi connectivity index (χ2n) is 4.63. The zero-order chi connectivity index (χ0) is 11.4. The standard InChI is InChI=1S/C13H29NO/c1-4-5-6-7-9-14-10-8-11-15-12-13(2)3/h13-14H,4-12H2,1-3H3. The second kappa shape index (κ2) is 12.0. The first-order chi connectivity index (χ1) is 7.27. The van der Waals surface area contributed by atoms with Gasteiger partial charge in [0.2, 0.25) is 0 Å². The molecule has 0 radical (unpaired) electrons. The maximum Gasteiger partial charge on any atom is 0.0489 e. The van der Waals surface area contributed by atoms with E-state index in [2.05, 4.69) is 26.1 Å². The van der Waals surface area contributed by atoms with Crippen molar-refractivity contribution in [3.63, 3.8) is 0 Å². The minimum absolute atomic E-state index is 0.659. The van der Waals surface area contributed by atoms with Gasteiger partial charge < -0.3 is 10.1 Å². The van der Waals surface area contributed by atoms with Gasteiger partial charge in [0.25, 0.3) is 0 Å². The molecule has 0 aromatic rings. The van der Waals surface area contributed by atoms with Gasteiger partial charge in [-0.2, -0.15) is 0 Å². The van der Waals surface area contributed by atoms with Crippen LogP contribution in [-0.2, 0) is 4.74 Å². The van der Waals surface area contributed by atoms with Crippen molar-refractivity contribution < 1.29 is 4.74 Å². The first-order valence-electron chi connectivity index (χ1n) is 6.55. The molecular formula is C13H29NO. The summed E-state index contributed by atoms with van der Waals surface area (Å²) >= 11 is 0. The molecule has 15 heavy (non-hydrogen) atoms. The van der Waals surface area contributed by atoms with Crippen molar-refractivity contribution in [3.05, 3.63) is 0 Å². The fraction of sp³-hybridized carbons (Fsp3) is 1.00. The highest BCUT2D eigenvalue weighted by Gasteiger charge is 1.93. The Morgan fingerprint density at radius 3 is 2.40 bits per heavy atom. The fourth-order valence-corrected chi connectivity index (χ4v) is 1.42. The lowest BCUT2D eigenvalue weighted by Crippen LogP contribution is -2.18. The Hall–Kier alpha value is -0.0800. The lowest BCUT2D eigenvalue weighted by Gasteiger charge is -2.07. The first-order valence-corrected chi connectivity index (χ1v) is 6.55. The molecule has 0 amide bonds. The summed E-state index contributed by atoms with van der Waals surface area (Å²) in [6, 6.07) is 0. The van der Waals surface area contributed by atoms with E-state index in [1.807, 2.05) is 0 Å². The highest BCUT2D eigenvalue weighted by Crippen LogP contribution is 1.97. The largest absolute Gasteiger partial charge is 0.381 e. The molecule has 0 heterocycles. The number of hydrogen-bond acceptors (Lipinski definition) is 2. The number of rotatable bonds is 11. The molecule has 2 nitrogen and oxygen atoms in total. The predicted octanol–water partition coefficient (Wildman–Crippen LogP) is 3.22. The molecule has 0 aromatic carbocycles. The van der Waals surface area contributed by atoms with Gasteiger partial charge in [0, 0.05) is 13.2 Å². The number of ether oxygens (including phenoxy) is 1. The molecule has 0 aliphatic carbocycles. The van der Waals surface area contributed by atoms with Crippen LogP contribution >= 0.6 is 0 Å². The molecule has 1 N–H and O–H groups in total. The summed E-state index contributed by atoms with van der Waals surface area (Å²) in [5, 5.41) is 3.45. The summed E-state index contributed by atoms with van der Waals surface area (Å²) in [6.45, 7) is 10.7. The third-order valence-electron chi connectivity index (χ3n) is 2.30. The third kappa shape index (κ3) is 13.9. The first kappa shape index (κ1) is 14.9. The van der Waals surface area contributed by atoms with E-state index in [1.54, 1.807) is 0 Å². The topological polar surface area (TPSA) is 21.3 Å². The van der Waals surface area contributed by atoms with Crippen LogP contribution in [0.15, 0.2) is 0 Å². The Labute approximate surface area is 95.8 Å². The van der Waals surface area contributed by atoms with Crippen LogP contribution in [0.2, 0.25) is 0 Å². The minimum atomic E-state index is 0.659. The van der Waals surface area contributed by atoms with Crippen molar-refractivity contribution in [2.75, 3.05) is 26.3 Å². The molecule has 0 aromatic heterocycles. The van der Waals surface area contributed by atoms with Crippen LogP contribution in [0.1, 0.15) is 52.9 Å². The number of unbranched alkanes of at least 4 members (excludes halogenated alkanes) is 3. The summed E-state index contributed by atoms with van der Waals surface area (Å²) in [5.74, 6) is 0.659. The normalized spacial score (nSPS) is 11.2. The zero-order valence-electron chi connectivity index (χ0n) is 10.8. The van der Waals surface area contributed by atoms with Crippen molar-refractivity contribution in [3.8, 4) is 0 Å². The molecule has 0 bridgehead atoms. The van der Waals surface area contributed by atoms with Crippen LogP contribution in [0.4, 0.5) is 0 Å². The predicted molar refractivity (Wildman–Crippen MR) is 67.3 cm³/mol. The summed E-state index contributed by atoms with van der Waals surface area (Å²) < 4.78 is 5.50. The van der Waals surface area contributed by atoms with Crippen LogP contribution in [0.5, 0.6) is 0 Å². The Morgan fingerprint density at radius 1 is 1.00 bits per heavy atom. The molecule has 0 saturated heterocycles. The van der Waals surface area contributed by atoms with Gasteiger partial charge >= 0.3 is 0 Å². The Kier molecular flexibility index (Phi) is 11.9. The average molecular weight is 215 g/mol. The van der Waals surface area contributed by atoms with E-state index in [0.29, 0.717) is 5.92 Å². The lowest BCUT2D eigenvalue weighted by atomic mass is 10.2. The van der Waals surface area contributed by atoms with Gasteiger partial charge in [0.1, 0.15) is 0 Å². The Morgan fingerprint density at radius 2 is 1.73 bits per heavy atom. The van der Waals surface area contributed by atoms with Crippen molar-refractivity contribution in [1.82, 2.24) is 5.32 Å². The molecule has 0 fully saturated rings. The zero-order valence-corrected chi connectivity index (χ0v) is 10.8.